The zero-order valence-electron chi connectivity index (χ0n) is 8.79. The van der Waals surface area contributed by atoms with Crippen LogP contribution in [0.25, 0.3) is 0 Å². The highest BCUT2D eigenvalue weighted by Crippen LogP contribution is 2.29. The van der Waals surface area contributed by atoms with Crippen LogP contribution >= 0.6 is 34.5 Å². The second-order valence-corrected chi connectivity index (χ2v) is 5.84. The van der Waals surface area contributed by atoms with Crippen molar-refractivity contribution in [1.82, 2.24) is 0 Å². The summed E-state index contributed by atoms with van der Waals surface area (Å²) >= 11 is 13.2. The molecule has 90 valence electrons. The van der Waals surface area contributed by atoms with Crippen molar-refractivity contribution >= 4 is 34.5 Å². The van der Waals surface area contributed by atoms with E-state index >= 15 is 0 Å². The van der Waals surface area contributed by atoms with Gasteiger partial charge >= 0.3 is 0 Å². The Kier molecular flexibility index (Phi) is 4.05. The molecule has 1 atom stereocenters. The Hall–Kier alpha value is -0.610. The molecule has 0 amide bonds. The minimum atomic E-state index is -0.341. The molecule has 0 fully saturated rings. The summed E-state index contributed by atoms with van der Waals surface area (Å²) < 4.78 is 13.6. The van der Waals surface area contributed by atoms with Gasteiger partial charge in [0, 0.05) is 15.9 Å². The van der Waals surface area contributed by atoms with Gasteiger partial charge in [0.1, 0.15) is 5.82 Å². The van der Waals surface area contributed by atoms with Crippen molar-refractivity contribution < 1.29 is 4.39 Å². The first-order valence-electron chi connectivity index (χ1n) is 5.01. The number of nitrogens with two attached hydrogens (primary N) is 1. The summed E-state index contributed by atoms with van der Waals surface area (Å²) in [4.78, 5) is 0.996. The van der Waals surface area contributed by atoms with E-state index < -0.39 is 0 Å². The molecule has 0 aliphatic rings. The van der Waals surface area contributed by atoms with Crippen LogP contribution in [-0.2, 0) is 6.42 Å². The van der Waals surface area contributed by atoms with Crippen molar-refractivity contribution in [3.05, 3.63) is 55.9 Å². The Morgan fingerprint density at radius 3 is 2.59 bits per heavy atom. The predicted molar refractivity (Wildman–Crippen MR) is 71.4 cm³/mol. The Morgan fingerprint density at radius 1 is 1.24 bits per heavy atom. The van der Waals surface area contributed by atoms with Crippen LogP contribution in [0.15, 0.2) is 30.3 Å². The van der Waals surface area contributed by atoms with E-state index in [2.05, 4.69) is 0 Å². The molecular weight excluding hydrogens is 280 g/mol. The van der Waals surface area contributed by atoms with Gasteiger partial charge in [-0.3, -0.25) is 0 Å². The zero-order valence-corrected chi connectivity index (χ0v) is 11.1. The quantitative estimate of drug-likeness (QED) is 0.888. The monoisotopic (exact) mass is 289 g/mol. The molecule has 2 N–H and O–H groups in total. The molecule has 1 nitrogen and oxygen atoms in total. The van der Waals surface area contributed by atoms with Crippen molar-refractivity contribution in [2.45, 2.75) is 12.5 Å². The predicted octanol–water partition coefficient (Wildman–Crippen LogP) is 4.44. The number of hydrogen-bond acceptors (Lipinski definition) is 2. The Balaban J connectivity index is 2.15. The third-order valence-electron chi connectivity index (χ3n) is 2.41. The van der Waals surface area contributed by atoms with Gasteiger partial charge in [0.15, 0.2) is 0 Å². The Bertz CT molecular complexity index is 527. The lowest BCUT2D eigenvalue weighted by Crippen LogP contribution is -2.12. The van der Waals surface area contributed by atoms with Crippen molar-refractivity contribution in [3.63, 3.8) is 0 Å². The van der Waals surface area contributed by atoms with Crippen LogP contribution in [0.4, 0.5) is 4.39 Å². The molecule has 17 heavy (non-hydrogen) atoms. The van der Waals surface area contributed by atoms with Crippen LogP contribution in [0, 0.1) is 5.82 Å². The second kappa shape index (κ2) is 5.36. The lowest BCUT2D eigenvalue weighted by Gasteiger charge is -2.10. The average molecular weight is 290 g/mol. The van der Waals surface area contributed by atoms with Gasteiger partial charge in [-0.25, -0.2) is 4.39 Å². The van der Waals surface area contributed by atoms with Crippen LogP contribution in [0.1, 0.15) is 16.5 Å². The third kappa shape index (κ3) is 3.19. The van der Waals surface area contributed by atoms with E-state index in [4.69, 9.17) is 28.9 Å². The number of thiophene rings is 1. The molecule has 5 heteroatoms. The van der Waals surface area contributed by atoms with Crippen molar-refractivity contribution in [3.8, 4) is 0 Å². The molecule has 2 rings (SSSR count). The number of halogens is 3. The molecule has 2 aromatic rings. The van der Waals surface area contributed by atoms with Gasteiger partial charge in [0.05, 0.1) is 4.34 Å². The maximum absolute atomic E-state index is 12.9. The second-order valence-electron chi connectivity index (χ2n) is 3.69. The lowest BCUT2D eigenvalue weighted by molar-refractivity contribution is 0.626. The van der Waals surface area contributed by atoms with Crippen molar-refractivity contribution in [2.24, 2.45) is 5.73 Å². The number of rotatable bonds is 3. The maximum atomic E-state index is 12.9. The van der Waals surface area contributed by atoms with E-state index in [0.29, 0.717) is 15.8 Å². The molecule has 1 heterocycles. The third-order valence-corrected chi connectivity index (χ3v) is 4.13. The molecule has 0 saturated carbocycles. The van der Waals surface area contributed by atoms with Crippen LogP contribution in [-0.4, -0.2) is 0 Å². The van der Waals surface area contributed by atoms with Crippen molar-refractivity contribution in [2.75, 3.05) is 0 Å². The standard InChI is InChI=1S/C12H10Cl2FNS/c13-9-6-8(15)2-1-7(9)5-10(16)11-3-4-12(14)17-11/h1-4,6,10H,5,16H2. The van der Waals surface area contributed by atoms with Gasteiger partial charge in [-0.15, -0.1) is 11.3 Å². The fraction of sp³-hybridized carbons (Fsp3) is 0.167. The van der Waals surface area contributed by atoms with E-state index in [9.17, 15) is 4.39 Å². The van der Waals surface area contributed by atoms with Gasteiger partial charge in [-0.05, 0) is 36.2 Å². The van der Waals surface area contributed by atoms with Crippen LogP contribution in [0.2, 0.25) is 9.36 Å². The largest absolute Gasteiger partial charge is 0.323 e. The molecule has 0 bridgehead atoms. The lowest BCUT2D eigenvalue weighted by atomic mass is 10.1. The highest BCUT2D eigenvalue weighted by molar-refractivity contribution is 7.16. The maximum Gasteiger partial charge on any atom is 0.124 e. The highest BCUT2D eigenvalue weighted by Gasteiger charge is 2.12. The number of hydrogen-bond donors (Lipinski definition) is 1. The summed E-state index contributed by atoms with van der Waals surface area (Å²) in [5, 5.41) is 0.406. The van der Waals surface area contributed by atoms with Gasteiger partial charge in [-0.1, -0.05) is 29.3 Å². The Morgan fingerprint density at radius 2 is 2.00 bits per heavy atom. The highest BCUT2D eigenvalue weighted by atomic mass is 35.5. The van der Waals surface area contributed by atoms with Crippen LogP contribution in [0.3, 0.4) is 0 Å². The summed E-state index contributed by atoms with van der Waals surface area (Å²) in [6, 6.07) is 7.88. The zero-order chi connectivity index (χ0) is 12.4. The first-order valence-corrected chi connectivity index (χ1v) is 6.58. The smallest absolute Gasteiger partial charge is 0.124 e. The summed E-state index contributed by atoms with van der Waals surface area (Å²) in [5.41, 5.74) is 6.88. The fourth-order valence-corrected chi connectivity index (χ4v) is 2.86. The summed E-state index contributed by atoms with van der Waals surface area (Å²) in [6.45, 7) is 0. The van der Waals surface area contributed by atoms with Crippen LogP contribution < -0.4 is 5.73 Å². The van der Waals surface area contributed by atoms with Gasteiger partial charge in [-0.2, -0.15) is 0 Å². The van der Waals surface area contributed by atoms with Gasteiger partial charge in [0.25, 0.3) is 0 Å². The minimum Gasteiger partial charge on any atom is -0.323 e. The first kappa shape index (κ1) is 12.8. The van der Waals surface area contributed by atoms with Gasteiger partial charge in [0.2, 0.25) is 0 Å². The molecule has 0 saturated heterocycles. The minimum absolute atomic E-state index is 0.171. The molecule has 0 aliphatic carbocycles. The van der Waals surface area contributed by atoms with E-state index in [1.807, 2.05) is 12.1 Å². The molecule has 1 aromatic carbocycles. The molecule has 1 aromatic heterocycles. The van der Waals surface area contributed by atoms with Gasteiger partial charge < -0.3 is 5.73 Å². The average Bonchev–Trinajstić information content (AvgIpc) is 2.69. The van der Waals surface area contributed by atoms with E-state index in [0.717, 1.165) is 10.4 Å². The topological polar surface area (TPSA) is 26.0 Å². The van der Waals surface area contributed by atoms with Crippen molar-refractivity contribution in [1.29, 1.82) is 0 Å². The summed E-state index contributed by atoms with van der Waals surface area (Å²) in [5.74, 6) is -0.341. The first-order chi connectivity index (χ1) is 8.06. The molecule has 0 radical (unpaired) electrons. The van der Waals surface area contributed by atoms with E-state index in [-0.39, 0.29) is 11.9 Å². The summed E-state index contributed by atoms with van der Waals surface area (Å²) in [6.07, 6.45) is 0.565. The molecule has 0 spiro atoms. The SMILES string of the molecule is NC(Cc1ccc(F)cc1Cl)c1ccc(Cl)s1. The van der Waals surface area contributed by atoms with E-state index in [1.54, 1.807) is 6.07 Å². The van der Waals surface area contributed by atoms with E-state index in [1.165, 1.54) is 23.5 Å². The Labute approximate surface area is 113 Å². The summed E-state index contributed by atoms with van der Waals surface area (Å²) in [7, 11) is 0. The van der Waals surface area contributed by atoms with Crippen LogP contribution in [0.5, 0.6) is 0 Å². The molecular formula is C12H10Cl2FNS. The number of benzene rings is 1. The fourth-order valence-electron chi connectivity index (χ4n) is 1.55. The molecule has 0 aliphatic heterocycles. The molecule has 1 unspecified atom stereocenters. The normalized spacial score (nSPS) is 12.7.